The summed E-state index contributed by atoms with van der Waals surface area (Å²) in [6.45, 7) is 4.05. The topological polar surface area (TPSA) is 111 Å². The monoisotopic (exact) mass is 1280 g/mol. The molecule has 0 aromatic heterocycles. The highest BCUT2D eigenvalue weighted by Gasteiger charge is 2.22. The third-order valence-electron chi connectivity index (χ3n) is 16.3. The van der Waals surface area contributed by atoms with Gasteiger partial charge < -0.3 is 27.9 Å². The molecule has 0 aliphatic heterocycles. The van der Waals surface area contributed by atoms with Crippen LogP contribution in [0.2, 0.25) is 0 Å². The molecule has 10 heteroatoms. The summed E-state index contributed by atoms with van der Waals surface area (Å²) in [5.74, 6) is -0.821. The summed E-state index contributed by atoms with van der Waals surface area (Å²) in [6.07, 6.45) is 99.0. The number of hydrogen-bond donors (Lipinski definition) is 0. The first-order valence-corrected chi connectivity index (χ1v) is 39.1. The lowest BCUT2D eigenvalue weighted by atomic mass is 10.0. The Morgan fingerprint density at radius 1 is 0.344 bits per heavy atom. The molecule has 0 saturated carbocycles. The number of hydrogen-bond acceptors (Lipinski definition) is 8. The highest BCUT2D eigenvalue weighted by Crippen LogP contribution is 2.38. The summed E-state index contributed by atoms with van der Waals surface area (Å²) in [6, 6.07) is 0. The van der Waals surface area contributed by atoms with Crippen LogP contribution in [-0.4, -0.2) is 70.0 Å². The van der Waals surface area contributed by atoms with Gasteiger partial charge in [-0.3, -0.25) is 14.2 Å². The van der Waals surface area contributed by atoms with Crippen LogP contribution in [0.15, 0.2) is 109 Å². The zero-order valence-electron chi connectivity index (χ0n) is 59.3. The lowest BCUT2D eigenvalue weighted by molar-refractivity contribution is -0.870. The van der Waals surface area contributed by atoms with E-state index in [2.05, 4.69) is 123 Å². The Morgan fingerprint density at radius 3 is 0.889 bits per heavy atom. The number of esters is 2. The molecule has 0 fully saturated rings. The lowest BCUT2D eigenvalue weighted by Gasteiger charge is -2.28. The molecule has 90 heavy (non-hydrogen) atoms. The van der Waals surface area contributed by atoms with Crippen molar-refractivity contribution in [1.82, 2.24) is 0 Å². The number of phosphoric acid groups is 1. The Balaban J connectivity index is 3.97. The van der Waals surface area contributed by atoms with Crippen LogP contribution in [0.5, 0.6) is 0 Å². The Kier molecular flexibility index (Phi) is 67.4. The summed E-state index contributed by atoms with van der Waals surface area (Å²) >= 11 is 0. The van der Waals surface area contributed by atoms with Crippen molar-refractivity contribution in [2.45, 2.75) is 341 Å². The minimum Gasteiger partial charge on any atom is -0.756 e. The van der Waals surface area contributed by atoms with Gasteiger partial charge in [0.2, 0.25) is 0 Å². The molecular weight excluding hydrogens is 1130 g/mol. The minimum atomic E-state index is -4.65. The fraction of sp³-hybridized carbons (Fsp3) is 0.750. The molecule has 520 valence electrons. The van der Waals surface area contributed by atoms with Gasteiger partial charge in [-0.05, 0) is 96.3 Å². The number of likely N-dealkylation sites (N-methyl/N-ethyl adjacent to an activating group) is 1. The average molecular weight is 1280 g/mol. The third-order valence-corrected chi connectivity index (χ3v) is 17.3. The Labute approximate surface area is 556 Å². The van der Waals surface area contributed by atoms with E-state index in [0.717, 1.165) is 96.3 Å². The number of carbonyl (C=O) groups is 2. The first kappa shape index (κ1) is 86.7. The highest BCUT2D eigenvalue weighted by atomic mass is 31.2. The normalized spacial score (nSPS) is 13.7. The molecule has 0 rings (SSSR count). The van der Waals surface area contributed by atoms with Gasteiger partial charge in [0, 0.05) is 12.8 Å². The van der Waals surface area contributed by atoms with Crippen LogP contribution in [0.25, 0.3) is 0 Å². The minimum absolute atomic E-state index is 0.0323. The maximum absolute atomic E-state index is 12.9. The van der Waals surface area contributed by atoms with Crippen molar-refractivity contribution in [3.63, 3.8) is 0 Å². The molecule has 0 aromatic rings. The zero-order chi connectivity index (χ0) is 65.5. The van der Waals surface area contributed by atoms with Gasteiger partial charge >= 0.3 is 11.9 Å². The summed E-state index contributed by atoms with van der Waals surface area (Å²) < 4.78 is 34.4. The summed E-state index contributed by atoms with van der Waals surface area (Å²) in [4.78, 5) is 38.1. The number of phosphoric ester groups is 1. The molecule has 2 unspecified atom stereocenters. The van der Waals surface area contributed by atoms with E-state index in [0.29, 0.717) is 17.4 Å². The second-order valence-electron chi connectivity index (χ2n) is 26.3. The van der Waals surface area contributed by atoms with E-state index in [9.17, 15) is 19.0 Å². The second kappa shape index (κ2) is 70.0. The van der Waals surface area contributed by atoms with E-state index in [1.54, 1.807) is 0 Å². The van der Waals surface area contributed by atoms with Gasteiger partial charge in [0.25, 0.3) is 7.82 Å². The van der Waals surface area contributed by atoms with Gasteiger partial charge in [-0.25, -0.2) is 0 Å². The molecule has 0 aliphatic carbocycles. The fourth-order valence-electron chi connectivity index (χ4n) is 10.6. The van der Waals surface area contributed by atoms with Crippen LogP contribution < -0.4 is 4.89 Å². The van der Waals surface area contributed by atoms with Gasteiger partial charge in [0.1, 0.15) is 19.8 Å². The molecule has 0 spiro atoms. The van der Waals surface area contributed by atoms with Crippen LogP contribution in [0.1, 0.15) is 335 Å². The largest absolute Gasteiger partial charge is 0.756 e. The van der Waals surface area contributed by atoms with Gasteiger partial charge in [0.05, 0.1) is 27.7 Å². The Morgan fingerprint density at radius 2 is 0.600 bits per heavy atom. The molecule has 0 N–H and O–H groups in total. The molecular formula is C80H142NO8P. The maximum Gasteiger partial charge on any atom is 0.306 e. The zero-order valence-corrected chi connectivity index (χ0v) is 60.2. The number of carbonyl (C=O) groups excluding carboxylic acids is 2. The SMILES string of the molecule is CC/C=C\C/C=C\C/C=C\C/C=C\C/C=C\CCCCCCCCCCCCCCCCCC(=O)OC(COC(=O)CCCCCCCCCCCCCCCCCCCCCCCC/C=C\C/C=C\C/C=C\C/C=C\CC)COP(=O)([O-])OCC[N+](C)(C)C. The van der Waals surface area contributed by atoms with Crippen molar-refractivity contribution in [2.24, 2.45) is 0 Å². The number of ether oxygens (including phenoxy) is 2. The smallest absolute Gasteiger partial charge is 0.306 e. The van der Waals surface area contributed by atoms with Crippen LogP contribution in [-0.2, 0) is 32.7 Å². The molecule has 0 bridgehead atoms. The van der Waals surface area contributed by atoms with E-state index in [-0.39, 0.29) is 32.0 Å². The number of nitrogens with zero attached hydrogens (tertiary/aromatic N) is 1. The first-order chi connectivity index (χ1) is 44.0. The number of rotatable bonds is 69. The number of allylic oxidation sites excluding steroid dienone is 18. The molecule has 0 heterocycles. The van der Waals surface area contributed by atoms with Crippen molar-refractivity contribution in [3.8, 4) is 0 Å². The predicted molar refractivity (Wildman–Crippen MR) is 388 cm³/mol. The standard InChI is InChI=1S/C80H142NO8P/c1-6-8-10-12-14-16-18-20-22-24-26-28-30-32-34-36-38-39-40-41-43-44-46-48-50-52-54-56-58-60-62-64-66-68-70-72-79(82)86-76-78(77-88-90(84,85)87-75-74-81(3,4)5)89-80(83)73-71-69-67-65-63-61-59-57-55-53-51-49-47-45-42-37-35-33-31-29-27-25-23-21-19-17-15-13-11-9-7-2/h8-11,14-17,20-23,26-29,33,35,78H,6-7,12-13,18-19,24-25,30-32,34,36-77H2,1-5H3/b10-8-,11-9-,16-14-,17-15-,22-20-,23-21-,28-26-,29-27-,35-33-. The molecule has 0 amide bonds. The van der Waals surface area contributed by atoms with E-state index < -0.39 is 26.5 Å². The molecule has 0 aliphatic rings. The fourth-order valence-corrected chi connectivity index (χ4v) is 11.3. The van der Waals surface area contributed by atoms with Crippen molar-refractivity contribution in [1.29, 1.82) is 0 Å². The molecule has 0 radical (unpaired) electrons. The van der Waals surface area contributed by atoms with Crippen LogP contribution in [0.3, 0.4) is 0 Å². The summed E-state index contributed by atoms with van der Waals surface area (Å²) in [5.41, 5.74) is 0. The highest BCUT2D eigenvalue weighted by molar-refractivity contribution is 7.45. The molecule has 0 aromatic carbocycles. The number of quaternary nitrogens is 1. The van der Waals surface area contributed by atoms with Crippen molar-refractivity contribution < 1.29 is 42.1 Å². The van der Waals surface area contributed by atoms with Crippen molar-refractivity contribution in [2.75, 3.05) is 47.5 Å². The van der Waals surface area contributed by atoms with Gasteiger partial charge in [-0.1, -0.05) is 335 Å². The lowest BCUT2D eigenvalue weighted by Crippen LogP contribution is -2.37. The quantitative estimate of drug-likeness (QED) is 0.0195. The predicted octanol–water partition coefficient (Wildman–Crippen LogP) is 24.2. The van der Waals surface area contributed by atoms with Crippen LogP contribution in [0, 0.1) is 0 Å². The Bertz CT molecular complexity index is 1890. The van der Waals surface area contributed by atoms with Gasteiger partial charge in [-0.15, -0.1) is 0 Å². The summed E-state index contributed by atoms with van der Waals surface area (Å²) in [7, 11) is 1.17. The van der Waals surface area contributed by atoms with Crippen molar-refractivity contribution in [3.05, 3.63) is 109 Å². The van der Waals surface area contributed by atoms with Crippen LogP contribution in [0.4, 0.5) is 0 Å². The van der Waals surface area contributed by atoms with E-state index >= 15 is 0 Å². The molecule has 0 saturated heterocycles. The average Bonchev–Trinajstić information content (AvgIpc) is 3.58. The third kappa shape index (κ3) is 73.7. The number of unbranched alkanes of at least 4 members (excludes halogenated alkanes) is 37. The van der Waals surface area contributed by atoms with Gasteiger partial charge in [0.15, 0.2) is 6.10 Å². The van der Waals surface area contributed by atoms with Gasteiger partial charge in [-0.2, -0.15) is 0 Å². The summed E-state index contributed by atoms with van der Waals surface area (Å²) in [5, 5.41) is 0. The van der Waals surface area contributed by atoms with E-state index in [1.807, 2.05) is 21.1 Å². The Hall–Kier alpha value is -3.33. The first-order valence-electron chi connectivity index (χ1n) is 37.6. The second-order valence-corrected chi connectivity index (χ2v) is 27.7. The van der Waals surface area contributed by atoms with E-state index in [1.165, 1.54) is 205 Å². The van der Waals surface area contributed by atoms with Crippen molar-refractivity contribution >= 4 is 19.8 Å². The van der Waals surface area contributed by atoms with E-state index in [4.69, 9.17) is 18.5 Å². The molecule has 2 atom stereocenters. The molecule has 9 nitrogen and oxygen atoms in total. The van der Waals surface area contributed by atoms with Crippen LogP contribution >= 0.6 is 7.82 Å². The maximum atomic E-state index is 12.9.